The van der Waals surface area contributed by atoms with Crippen molar-refractivity contribution in [2.24, 2.45) is 0 Å². The lowest BCUT2D eigenvalue weighted by atomic mass is 10.1. The number of amides is 2. The number of rotatable bonds is 5. The zero-order valence-electron chi connectivity index (χ0n) is 14.6. The summed E-state index contributed by atoms with van der Waals surface area (Å²) in [6.45, 7) is 2.42. The third kappa shape index (κ3) is 4.28. The molecule has 0 radical (unpaired) electrons. The van der Waals surface area contributed by atoms with E-state index in [2.05, 4.69) is 11.4 Å². The monoisotopic (exact) mass is 341 g/mol. The van der Waals surface area contributed by atoms with Crippen LogP contribution in [-0.2, 0) is 16.1 Å². The van der Waals surface area contributed by atoms with Crippen molar-refractivity contribution >= 4 is 22.6 Å². The third-order valence-corrected chi connectivity index (χ3v) is 4.43. The number of methoxy groups -OCH3 is 1. The van der Waals surface area contributed by atoms with E-state index in [0.717, 1.165) is 22.1 Å². The number of likely N-dealkylation sites (N-methyl/N-ethyl adjacent to an activating group) is 1. The predicted molar refractivity (Wildman–Crippen MR) is 96.4 cm³/mol. The van der Waals surface area contributed by atoms with E-state index in [1.165, 1.54) is 0 Å². The van der Waals surface area contributed by atoms with Crippen LogP contribution in [0.5, 0.6) is 5.75 Å². The minimum atomic E-state index is -0.0216. The maximum absolute atomic E-state index is 12.4. The lowest BCUT2D eigenvalue weighted by Crippen LogP contribution is -2.50. The Hall–Kier alpha value is -2.60. The zero-order valence-corrected chi connectivity index (χ0v) is 14.6. The average molecular weight is 341 g/mol. The van der Waals surface area contributed by atoms with Crippen LogP contribution in [0.4, 0.5) is 0 Å². The number of hydrogen-bond donors (Lipinski definition) is 1. The van der Waals surface area contributed by atoms with Gasteiger partial charge in [0.1, 0.15) is 5.75 Å². The van der Waals surface area contributed by atoms with Crippen LogP contribution in [0.15, 0.2) is 36.4 Å². The van der Waals surface area contributed by atoms with E-state index in [-0.39, 0.29) is 24.9 Å². The number of ether oxygens (including phenoxy) is 1. The van der Waals surface area contributed by atoms with Gasteiger partial charge in [0.05, 0.1) is 20.2 Å². The molecule has 1 saturated heterocycles. The molecule has 0 saturated carbocycles. The first-order chi connectivity index (χ1) is 12.0. The summed E-state index contributed by atoms with van der Waals surface area (Å²) < 4.78 is 5.24. The minimum Gasteiger partial charge on any atom is -0.497 e. The Morgan fingerprint density at radius 2 is 2.00 bits per heavy atom. The van der Waals surface area contributed by atoms with E-state index in [1.54, 1.807) is 19.1 Å². The van der Waals surface area contributed by atoms with Crippen LogP contribution in [0.25, 0.3) is 10.8 Å². The summed E-state index contributed by atoms with van der Waals surface area (Å²) in [5.41, 5.74) is 1.07. The topological polar surface area (TPSA) is 61.9 Å². The van der Waals surface area contributed by atoms with Crippen LogP contribution in [-0.4, -0.2) is 62.0 Å². The highest BCUT2D eigenvalue weighted by atomic mass is 16.5. The smallest absolute Gasteiger partial charge is 0.236 e. The van der Waals surface area contributed by atoms with Gasteiger partial charge in [-0.25, -0.2) is 0 Å². The number of carbonyl (C=O) groups is 2. The summed E-state index contributed by atoms with van der Waals surface area (Å²) in [5.74, 6) is 0.828. The molecule has 2 aromatic carbocycles. The molecule has 1 fully saturated rings. The molecule has 2 amide bonds. The molecule has 25 heavy (non-hydrogen) atoms. The normalized spacial score (nSPS) is 15.0. The first-order valence-electron chi connectivity index (χ1n) is 8.35. The van der Waals surface area contributed by atoms with Gasteiger partial charge in [0.2, 0.25) is 11.8 Å². The van der Waals surface area contributed by atoms with Crippen LogP contribution >= 0.6 is 0 Å². The number of hydrogen-bond acceptors (Lipinski definition) is 4. The Bertz CT molecular complexity index is 791. The van der Waals surface area contributed by atoms with Gasteiger partial charge in [-0.1, -0.05) is 18.2 Å². The third-order valence-electron chi connectivity index (χ3n) is 4.43. The van der Waals surface area contributed by atoms with Gasteiger partial charge in [-0.05, 0) is 34.5 Å². The molecule has 0 bridgehead atoms. The zero-order chi connectivity index (χ0) is 17.8. The van der Waals surface area contributed by atoms with Gasteiger partial charge >= 0.3 is 0 Å². The van der Waals surface area contributed by atoms with Crippen molar-refractivity contribution in [2.75, 3.05) is 40.3 Å². The fourth-order valence-corrected chi connectivity index (χ4v) is 3.00. The molecule has 0 atom stereocenters. The average Bonchev–Trinajstić information content (AvgIpc) is 2.61. The van der Waals surface area contributed by atoms with Gasteiger partial charge in [0.15, 0.2) is 0 Å². The van der Waals surface area contributed by atoms with Gasteiger partial charge in [-0.3, -0.25) is 14.5 Å². The molecule has 3 rings (SSSR count). The second kappa shape index (κ2) is 7.53. The van der Waals surface area contributed by atoms with Crippen LogP contribution < -0.4 is 10.1 Å². The Labute approximate surface area is 147 Å². The SMILES string of the molecule is COc1ccc2cc(CN(C)C(=O)CN3CCNC(=O)C3)ccc2c1. The van der Waals surface area contributed by atoms with Gasteiger partial charge in [-0.15, -0.1) is 0 Å². The molecule has 0 unspecified atom stereocenters. The molecule has 1 heterocycles. The fraction of sp³-hybridized carbons (Fsp3) is 0.368. The van der Waals surface area contributed by atoms with Crippen LogP contribution in [0.2, 0.25) is 0 Å². The highest BCUT2D eigenvalue weighted by Crippen LogP contribution is 2.22. The summed E-state index contributed by atoms with van der Waals surface area (Å²) in [7, 11) is 3.45. The summed E-state index contributed by atoms with van der Waals surface area (Å²) in [6, 6.07) is 12.1. The van der Waals surface area contributed by atoms with Crippen molar-refractivity contribution < 1.29 is 14.3 Å². The van der Waals surface area contributed by atoms with Crippen molar-refractivity contribution in [3.63, 3.8) is 0 Å². The van der Waals surface area contributed by atoms with E-state index in [4.69, 9.17) is 4.74 Å². The Morgan fingerprint density at radius 3 is 2.76 bits per heavy atom. The number of fused-ring (bicyclic) bond motifs is 1. The molecule has 1 aliphatic heterocycles. The van der Waals surface area contributed by atoms with E-state index in [0.29, 0.717) is 19.6 Å². The molecule has 6 heteroatoms. The Morgan fingerprint density at radius 1 is 1.24 bits per heavy atom. The number of carbonyl (C=O) groups excluding carboxylic acids is 2. The molecule has 0 aliphatic carbocycles. The van der Waals surface area contributed by atoms with E-state index < -0.39 is 0 Å². The number of nitrogens with one attached hydrogen (secondary N) is 1. The second-order valence-electron chi connectivity index (χ2n) is 6.36. The van der Waals surface area contributed by atoms with Crippen LogP contribution in [0, 0.1) is 0 Å². The summed E-state index contributed by atoms with van der Waals surface area (Å²) in [6.07, 6.45) is 0. The van der Waals surface area contributed by atoms with Crippen LogP contribution in [0.1, 0.15) is 5.56 Å². The molecule has 2 aromatic rings. The lowest BCUT2D eigenvalue weighted by molar-refractivity contribution is -0.133. The maximum Gasteiger partial charge on any atom is 0.236 e. The second-order valence-corrected chi connectivity index (χ2v) is 6.36. The summed E-state index contributed by atoms with van der Waals surface area (Å²) in [4.78, 5) is 27.4. The van der Waals surface area contributed by atoms with Crippen molar-refractivity contribution in [1.29, 1.82) is 0 Å². The van der Waals surface area contributed by atoms with Crippen molar-refractivity contribution in [3.8, 4) is 5.75 Å². The van der Waals surface area contributed by atoms with Gasteiger partial charge in [0.25, 0.3) is 0 Å². The molecular formula is C19H23N3O3. The number of benzene rings is 2. The van der Waals surface area contributed by atoms with Crippen molar-refractivity contribution in [1.82, 2.24) is 15.1 Å². The van der Waals surface area contributed by atoms with E-state index in [9.17, 15) is 9.59 Å². The summed E-state index contributed by atoms with van der Waals surface area (Å²) >= 11 is 0. The highest BCUT2D eigenvalue weighted by molar-refractivity contribution is 5.85. The largest absolute Gasteiger partial charge is 0.497 e. The first-order valence-corrected chi connectivity index (χ1v) is 8.35. The maximum atomic E-state index is 12.4. The fourth-order valence-electron chi connectivity index (χ4n) is 3.00. The minimum absolute atomic E-state index is 0.0181. The van der Waals surface area contributed by atoms with E-state index in [1.807, 2.05) is 35.2 Å². The number of nitrogens with zero attached hydrogens (tertiary/aromatic N) is 2. The van der Waals surface area contributed by atoms with Crippen molar-refractivity contribution in [2.45, 2.75) is 6.54 Å². The predicted octanol–water partition coefficient (Wildman–Crippen LogP) is 1.24. The first kappa shape index (κ1) is 17.2. The standard InChI is InChI=1S/C19H23N3O3/c1-21(19(24)13-22-8-7-20-18(23)12-22)11-14-3-4-16-10-17(25-2)6-5-15(16)9-14/h3-6,9-10H,7-8,11-13H2,1-2H3,(H,20,23). The van der Waals surface area contributed by atoms with E-state index >= 15 is 0 Å². The quantitative estimate of drug-likeness (QED) is 0.889. The van der Waals surface area contributed by atoms with Gasteiger partial charge in [0, 0.05) is 26.7 Å². The molecule has 6 nitrogen and oxygen atoms in total. The molecule has 0 aromatic heterocycles. The Kier molecular flexibility index (Phi) is 5.19. The molecule has 0 spiro atoms. The highest BCUT2D eigenvalue weighted by Gasteiger charge is 2.20. The van der Waals surface area contributed by atoms with Gasteiger partial charge in [-0.2, -0.15) is 0 Å². The molecule has 132 valence electrons. The molecule has 1 N–H and O–H groups in total. The lowest BCUT2D eigenvalue weighted by Gasteiger charge is -2.28. The number of piperazine rings is 1. The van der Waals surface area contributed by atoms with Crippen molar-refractivity contribution in [3.05, 3.63) is 42.0 Å². The molecular weight excluding hydrogens is 318 g/mol. The van der Waals surface area contributed by atoms with Crippen LogP contribution in [0.3, 0.4) is 0 Å². The molecule has 1 aliphatic rings. The van der Waals surface area contributed by atoms with Gasteiger partial charge < -0.3 is 15.0 Å². The summed E-state index contributed by atoms with van der Waals surface area (Å²) in [5, 5.41) is 4.99. The Balaban J connectivity index is 1.63.